The van der Waals surface area contributed by atoms with E-state index in [0.717, 1.165) is 15.8 Å². The van der Waals surface area contributed by atoms with Gasteiger partial charge in [-0.2, -0.15) is 4.80 Å². The molecule has 15 heavy (non-hydrogen) atoms. The van der Waals surface area contributed by atoms with Crippen molar-refractivity contribution < 1.29 is 0 Å². The third-order valence-corrected chi connectivity index (χ3v) is 2.89. The predicted molar refractivity (Wildman–Crippen MR) is 57.4 cm³/mol. The first kappa shape index (κ1) is 8.49. The van der Waals surface area contributed by atoms with Crippen LogP contribution in [0.15, 0.2) is 23.7 Å². The first-order valence-corrected chi connectivity index (χ1v) is 5.28. The van der Waals surface area contributed by atoms with Gasteiger partial charge in [0.25, 0.3) is 0 Å². The summed E-state index contributed by atoms with van der Waals surface area (Å²) in [6.07, 6.45) is 0. The van der Waals surface area contributed by atoms with Crippen molar-refractivity contribution in [2.45, 2.75) is 0 Å². The molecule has 3 aromatic rings. The van der Waals surface area contributed by atoms with E-state index in [1.807, 2.05) is 23.7 Å². The maximum absolute atomic E-state index is 4.22. The van der Waals surface area contributed by atoms with Crippen LogP contribution in [0.4, 0.5) is 0 Å². The summed E-state index contributed by atoms with van der Waals surface area (Å²) in [5.74, 6) is 0.646. The second-order valence-corrected chi connectivity index (χ2v) is 4.02. The van der Waals surface area contributed by atoms with Gasteiger partial charge in [0.05, 0.1) is 22.8 Å². The van der Waals surface area contributed by atoms with Gasteiger partial charge in [-0.05, 0) is 23.4 Å². The van der Waals surface area contributed by atoms with Gasteiger partial charge in [-0.3, -0.25) is 0 Å². The van der Waals surface area contributed by atoms with E-state index in [9.17, 15) is 0 Å². The smallest absolute Gasteiger partial charge is 0.204 e. The topological polar surface area (TPSA) is 56.5 Å². The summed E-state index contributed by atoms with van der Waals surface area (Å²) in [5, 5.41) is 11.9. The van der Waals surface area contributed by atoms with Crippen LogP contribution in [0.2, 0.25) is 0 Å². The molecule has 0 N–H and O–H groups in total. The van der Waals surface area contributed by atoms with E-state index >= 15 is 0 Å². The van der Waals surface area contributed by atoms with E-state index in [4.69, 9.17) is 0 Å². The average Bonchev–Trinajstić information content (AvgIpc) is 2.84. The van der Waals surface area contributed by atoms with Crippen LogP contribution in [0.1, 0.15) is 0 Å². The minimum Gasteiger partial charge on any atom is -0.245 e. The van der Waals surface area contributed by atoms with Gasteiger partial charge in [0, 0.05) is 5.56 Å². The van der Waals surface area contributed by atoms with Crippen LogP contribution >= 0.6 is 11.3 Å². The lowest BCUT2D eigenvalue weighted by atomic mass is 10.2. The van der Waals surface area contributed by atoms with Gasteiger partial charge in [-0.25, -0.2) is 4.98 Å². The molecule has 0 bridgehead atoms. The molecule has 0 amide bonds. The Hall–Kier alpha value is -1.82. The van der Waals surface area contributed by atoms with Gasteiger partial charge in [-0.1, -0.05) is 0 Å². The molecule has 6 heteroatoms. The normalized spacial score (nSPS) is 11.0. The molecule has 5 nitrogen and oxygen atoms in total. The van der Waals surface area contributed by atoms with Crippen LogP contribution < -0.4 is 0 Å². The lowest BCUT2D eigenvalue weighted by Crippen LogP contribution is -1.91. The third kappa shape index (κ3) is 1.39. The van der Waals surface area contributed by atoms with Crippen molar-refractivity contribution in [1.82, 2.24) is 25.2 Å². The maximum Gasteiger partial charge on any atom is 0.204 e. The largest absolute Gasteiger partial charge is 0.245 e. The Bertz CT molecular complexity index is 612. The minimum absolute atomic E-state index is 0.646. The van der Waals surface area contributed by atoms with Crippen LogP contribution in [-0.4, -0.2) is 25.2 Å². The molecule has 0 atom stereocenters. The first-order chi connectivity index (χ1) is 7.33. The van der Waals surface area contributed by atoms with Crippen LogP contribution in [0, 0.1) is 0 Å². The van der Waals surface area contributed by atoms with Crippen LogP contribution in [0.5, 0.6) is 0 Å². The molecule has 0 saturated carbocycles. The molecular formula is C9H7N5S. The summed E-state index contributed by atoms with van der Waals surface area (Å²) in [7, 11) is 1.75. The molecule has 2 heterocycles. The quantitative estimate of drug-likeness (QED) is 0.619. The van der Waals surface area contributed by atoms with Crippen LogP contribution in [0.25, 0.3) is 21.6 Å². The number of hydrogen-bond donors (Lipinski definition) is 0. The number of rotatable bonds is 1. The summed E-state index contributed by atoms with van der Waals surface area (Å²) in [4.78, 5) is 5.67. The lowest BCUT2D eigenvalue weighted by Gasteiger charge is -1.93. The molecule has 0 spiro atoms. The Morgan fingerprint density at radius 3 is 3.07 bits per heavy atom. The van der Waals surface area contributed by atoms with Gasteiger partial charge in [0.15, 0.2) is 0 Å². The SMILES string of the molecule is Cn1nnc(-c2ccc3ncsc3c2)n1. The highest BCUT2D eigenvalue weighted by atomic mass is 32.1. The summed E-state index contributed by atoms with van der Waals surface area (Å²) in [6, 6.07) is 5.96. The minimum atomic E-state index is 0.646. The van der Waals surface area contributed by atoms with Crippen molar-refractivity contribution in [1.29, 1.82) is 0 Å². The lowest BCUT2D eigenvalue weighted by molar-refractivity contribution is 0.630. The fourth-order valence-corrected chi connectivity index (χ4v) is 2.11. The highest BCUT2D eigenvalue weighted by Crippen LogP contribution is 2.23. The Kier molecular flexibility index (Phi) is 1.75. The summed E-state index contributed by atoms with van der Waals surface area (Å²) in [6.45, 7) is 0. The Labute approximate surface area is 89.4 Å². The maximum atomic E-state index is 4.22. The van der Waals surface area contributed by atoms with E-state index in [1.165, 1.54) is 4.80 Å². The van der Waals surface area contributed by atoms with Gasteiger partial charge in [-0.15, -0.1) is 21.5 Å². The standard InChI is InChI=1S/C9H7N5S/c1-14-12-9(11-13-14)6-2-3-7-8(4-6)15-5-10-7/h2-5H,1H3. The zero-order valence-corrected chi connectivity index (χ0v) is 8.77. The van der Waals surface area contributed by atoms with Crippen LogP contribution in [0.3, 0.4) is 0 Å². The Balaban J connectivity index is 2.18. The number of benzene rings is 1. The molecule has 74 valence electrons. The number of aromatic nitrogens is 5. The number of thiazole rings is 1. The second-order valence-electron chi connectivity index (χ2n) is 3.14. The number of fused-ring (bicyclic) bond motifs is 1. The zero-order chi connectivity index (χ0) is 10.3. The predicted octanol–water partition coefficient (Wildman–Crippen LogP) is 1.49. The molecule has 1 aromatic carbocycles. The summed E-state index contributed by atoms with van der Waals surface area (Å²) in [5.41, 5.74) is 3.81. The third-order valence-electron chi connectivity index (χ3n) is 2.10. The number of tetrazole rings is 1. The van der Waals surface area contributed by atoms with Crippen molar-refractivity contribution in [3.63, 3.8) is 0 Å². The Morgan fingerprint density at radius 2 is 2.27 bits per heavy atom. The molecule has 2 aromatic heterocycles. The first-order valence-electron chi connectivity index (χ1n) is 4.40. The molecule has 0 fully saturated rings. The highest BCUT2D eigenvalue weighted by Gasteiger charge is 2.05. The van der Waals surface area contributed by atoms with Gasteiger partial charge in [0.2, 0.25) is 5.82 Å². The zero-order valence-electron chi connectivity index (χ0n) is 7.95. The second kappa shape index (κ2) is 3.09. The molecule has 0 saturated heterocycles. The number of nitrogens with zero attached hydrogens (tertiary/aromatic N) is 5. The van der Waals surface area contributed by atoms with E-state index in [-0.39, 0.29) is 0 Å². The van der Waals surface area contributed by atoms with Gasteiger partial charge in [0.1, 0.15) is 0 Å². The van der Waals surface area contributed by atoms with Crippen LogP contribution in [-0.2, 0) is 7.05 Å². The van der Waals surface area contributed by atoms with E-state index in [2.05, 4.69) is 20.4 Å². The van der Waals surface area contributed by atoms with Crippen molar-refractivity contribution in [2.75, 3.05) is 0 Å². The Morgan fingerprint density at radius 1 is 1.33 bits per heavy atom. The number of hydrogen-bond acceptors (Lipinski definition) is 5. The molecule has 0 unspecified atom stereocenters. The van der Waals surface area contributed by atoms with E-state index in [0.29, 0.717) is 5.82 Å². The molecule has 0 aliphatic carbocycles. The molecular weight excluding hydrogens is 210 g/mol. The molecule has 0 radical (unpaired) electrons. The monoisotopic (exact) mass is 217 g/mol. The molecule has 3 rings (SSSR count). The van der Waals surface area contributed by atoms with Crippen molar-refractivity contribution in [3.8, 4) is 11.4 Å². The highest BCUT2D eigenvalue weighted by molar-refractivity contribution is 7.16. The fraction of sp³-hybridized carbons (Fsp3) is 0.111. The van der Waals surface area contributed by atoms with Gasteiger partial charge < -0.3 is 0 Å². The van der Waals surface area contributed by atoms with Crippen molar-refractivity contribution >= 4 is 21.6 Å². The van der Waals surface area contributed by atoms with Crippen molar-refractivity contribution in [3.05, 3.63) is 23.7 Å². The fourth-order valence-electron chi connectivity index (χ4n) is 1.39. The molecule has 0 aliphatic heterocycles. The van der Waals surface area contributed by atoms with Crippen molar-refractivity contribution in [2.24, 2.45) is 7.05 Å². The average molecular weight is 217 g/mol. The van der Waals surface area contributed by atoms with E-state index < -0.39 is 0 Å². The summed E-state index contributed by atoms with van der Waals surface area (Å²) < 4.78 is 1.14. The van der Waals surface area contributed by atoms with E-state index in [1.54, 1.807) is 18.4 Å². The molecule has 0 aliphatic rings. The summed E-state index contributed by atoms with van der Waals surface area (Å²) >= 11 is 1.61. The van der Waals surface area contributed by atoms with Gasteiger partial charge >= 0.3 is 0 Å². The number of aryl methyl sites for hydroxylation is 1.